The summed E-state index contributed by atoms with van der Waals surface area (Å²) in [6.45, 7) is 4.55. The molecule has 1 aromatic carbocycles. The monoisotopic (exact) mass is 372 g/mol. The van der Waals surface area contributed by atoms with E-state index in [1.807, 2.05) is 13.8 Å². The molecular formula is C16H19F3N4OS. The van der Waals surface area contributed by atoms with Crippen LogP contribution in [0.2, 0.25) is 0 Å². The van der Waals surface area contributed by atoms with Gasteiger partial charge < -0.3 is 15.4 Å². The van der Waals surface area contributed by atoms with Gasteiger partial charge >= 0.3 is 6.36 Å². The second-order valence-corrected chi connectivity index (χ2v) is 6.46. The van der Waals surface area contributed by atoms with Crippen LogP contribution < -0.4 is 15.4 Å². The van der Waals surface area contributed by atoms with Crippen molar-refractivity contribution >= 4 is 17.3 Å². The van der Waals surface area contributed by atoms with E-state index in [4.69, 9.17) is 0 Å². The highest BCUT2D eigenvalue weighted by molar-refractivity contribution is 7.11. The number of nitrogens with one attached hydrogen (secondary N) is 2. The molecule has 0 atom stereocenters. The summed E-state index contributed by atoms with van der Waals surface area (Å²) in [6, 6.07) is 5.99. The molecule has 0 aliphatic rings. The maximum absolute atomic E-state index is 12.5. The van der Waals surface area contributed by atoms with Crippen LogP contribution in [0, 0.1) is 13.8 Å². The van der Waals surface area contributed by atoms with Crippen LogP contribution in [0.25, 0.3) is 0 Å². The fourth-order valence-corrected chi connectivity index (χ4v) is 3.05. The molecule has 1 aromatic heterocycles. The molecule has 2 rings (SSSR count). The standard InChI is InChI=1S/C16H19F3N4OS/c1-10-14(25-11(2)23-10)9-22-15(20-3)21-8-12-6-4-5-7-13(12)24-16(17,18)19/h4-7H,8-9H2,1-3H3,(H2,20,21,22). The fraction of sp³-hybridized carbons (Fsp3) is 0.375. The summed E-state index contributed by atoms with van der Waals surface area (Å²) in [5.74, 6) is 0.249. The van der Waals surface area contributed by atoms with Gasteiger partial charge in [0.1, 0.15) is 5.75 Å². The highest BCUT2D eigenvalue weighted by Crippen LogP contribution is 2.26. The van der Waals surface area contributed by atoms with Gasteiger partial charge in [-0.2, -0.15) is 0 Å². The lowest BCUT2D eigenvalue weighted by molar-refractivity contribution is -0.274. The minimum absolute atomic E-state index is 0.145. The Bertz CT molecular complexity index is 743. The lowest BCUT2D eigenvalue weighted by Crippen LogP contribution is -2.36. The SMILES string of the molecule is CN=C(NCc1ccccc1OC(F)(F)F)NCc1sc(C)nc1C. The molecule has 2 N–H and O–H groups in total. The van der Waals surface area contributed by atoms with Crippen molar-refractivity contribution in [3.63, 3.8) is 0 Å². The van der Waals surface area contributed by atoms with Crippen molar-refractivity contribution in [3.8, 4) is 5.75 Å². The van der Waals surface area contributed by atoms with Gasteiger partial charge in [-0.25, -0.2) is 4.98 Å². The van der Waals surface area contributed by atoms with Crippen molar-refractivity contribution < 1.29 is 17.9 Å². The van der Waals surface area contributed by atoms with E-state index in [0.717, 1.165) is 15.6 Å². The molecule has 25 heavy (non-hydrogen) atoms. The van der Waals surface area contributed by atoms with Crippen molar-refractivity contribution in [1.29, 1.82) is 0 Å². The van der Waals surface area contributed by atoms with Crippen molar-refractivity contribution in [3.05, 3.63) is 45.4 Å². The van der Waals surface area contributed by atoms with Crippen LogP contribution in [0.15, 0.2) is 29.3 Å². The largest absolute Gasteiger partial charge is 0.573 e. The number of guanidine groups is 1. The van der Waals surface area contributed by atoms with Crippen molar-refractivity contribution in [2.75, 3.05) is 7.05 Å². The molecule has 0 saturated carbocycles. The molecule has 0 unspecified atom stereocenters. The number of benzene rings is 1. The van der Waals surface area contributed by atoms with Gasteiger partial charge in [-0.3, -0.25) is 4.99 Å². The number of thiazole rings is 1. The molecule has 2 aromatic rings. The maximum atomic E-state index is 12.5. The van der Waals surface area contributed by atoms with Crippen molar-refractivity contribution in [1.82, 2.24) is 15.6 Å². The number of hydrogen-bond acceptors (Lipinski definition) is 4. The van der Waals surface area contributed by atoms with Crippen LogP contribution in [0.4, 0.5) is 13.2 Å². The first kappa shape index (κ1) is 19.0. The molecule has 0 spiro atoms. The predicted octanol–water partition coefficient (Wildman–Crippen LogP) is 3.52. The fourth-order valence-electron chi connectivity index (χ4n) is 2.18. The Hall–Kier alpha value is -2.29. The Kier molecular flexibility index (Phi) is 6.24. The minimum atomic E-state index is -4.72. The molecule has 0 radical (unpaired) electrons. The number of ether oxygens (including phenoxy) is 1. The van der Waals surface area contributed by atoms with E-state index in [9.17, 15) is 13.2 Å². The molecule has 136 valence electrons. The normalized spacial score (nSPS) is 12.2. The Balaban J connectivity index is 1.96. The molecule has 1 heterocycles. The van der Waals surface area contributed by atoms with E-state index in [1.165, 1.54) is 12.1 Å². The van der Waals surface area contributed by atoms with Gasteiger partial charge in [-0.1, -0.05) is 18.2 Å². The first-order chi connectivity index (χ1) is 11.8. The maximum Gasteiger partial charge on any atom is 0.573 e. The quantitative estimate of drug-likeness (QED) is 0.623. The second-order valence-electron chi connectivity index (χ2n) is 5.18. The van der Waals surface area contributed by atoms with Crippen LogP contribution in [0.3, 0.4) is 0 Å². The van der Waals surface area contributed by atoms with E-state index in [1.54, 1.807) is 30.5 Å². The van der Waals surface area contributed by atoms with Crippen LogP contribution in [-0.4, -0.2) is 24.4 Å². The number of rotatable bonds is 5. The molecule has 5 nitrogen and oxygen atoms in total. The Labute approximate surface area is 148 Å². The zero-order valence-electron chi connectivity index (χ0n) is 14.1. The number of alkyl halides is 3. The van der Waals surface area contributed by atoms with Crippen molar-refractivity contribution in [2.24, 2.45) is 4.99 Å². The third kappa shape index (κ3) is 5.93. The first-order valence-electron chi connectivity index (χ1n) is 7.49. The van der Waals surface area contributed by atoms with Crippen LogP contribution >= 0.6 is 11.3 Å². The summed E-state index contributed by atoms with van der Waals surface area (Å²) in [6.07, 6.45) is -4.72. The smallest absolute Gasteiger partial charge is 0.405 e. The van der Waals surface area contributed by atoms with Gasteiger partial charge in [-0.15, -0.1) is 24.5 Å². The molecule has 9 heteroatoms. The third-order valence-electron chi connectivity index (χ3n) is 3.28. The summed E-state index contributed by atoms with van der Waals surface area (Å²) >= 11 is 1.59. The minimum Gasteiger partial charge on any atom is -0.405 e. The number of aryl methyl sites for hydroxylation is 2. The zero-order chi connectivity index (χ0) is 18.4. The van der Waals surface area contributed by atoms with Crippen LogP contribution in [0.1, 0.15) is 21.1 Å². The topological polar surface area (TPSA) is 58.5 Å². The number of halogens is 3. The molecule has 0 saturated heterocycles. The zero-order valence-corrected chi connectivity index (χ0v) is 14.9. The molecular weight excluding hydrogens is 353 g/mol. The van der Waals surface area contributed by atoms with E-state index in [-0.39, 0.29) is 12.3 Å². The molecule has 0 fully saturated rings. The summed E-state index contributed by atoms with van der Waals surface area (Å²) in [5, 5.41) is 7.09. The van der Waals surface area contributed by atoms with E-state index >= 15 is 0 Å². The Morgan fingerprint density at radius 1 is 1.20 bits per heavy atom. The third-order valence-corrected chi connectivity index (χ3v) is 4.36. The molecule has 0 aliphatic carbocycles. The lowest BCUT2D eigenvalue weighted by atomic mass is 10.2. The predicted molar refractivity (Wildman–Crippen MR) is 91.8 cm³/mol. The van der Waals surface area contributed by atoms with Gasteiger partial charge in [-0.05, 0) is 19.9 Å². The first-order valence-corrected chi connectivity index (χ1v) is 8.31. The molecule has 0 aliphatic heterocycles. The van der Waals surface area contributed by atoms with E-state index in [2.05, 4.69) is 25.3 Å². The molecule has 0 amide bonds. The molecule has 0 bridgehead atoms. The van der Waals surface area contributed by atoms with Gasteiger partial charge in [0.05, 0.1) is 17.2 Å². The van der Waals surface area contributed by atoms with E-state index < -0.39 is 6.36 Å². The Morgan fingerprint density at radius 3 is 2.48 bits per heavy atom. The summed E-state index contributed by atoms with van der Waals surface area (Å²) in [4.78, 5) is 9.51. The summed E-state index contributed by atoms with van der Waals surface area (Å²) in [5.41, 5.74) is 1.34. The highest BCUT2D eigenvalue weighted by atomic mass is 32.1. The van der Waals surface area contributed by atoms with E-state index in [0.29, 0.717) is 18.1 Å². The average molecular weight is 372 g/mol. The van der Waals surface area contributed by atoms with Gasteiger partial charge in [0.25, 0.3) is 0 Å². The Morgan fingerprint density at radius 2 is 1.88 bits per heavy atom. The summed E-state index contributed by atoms with van der Waals surface area (Å²) in [7, 11) is 1.60. The lowest BCUT2D eigenvalue weighted by Gasteiger charge is -2.15. The highest BCUT2D eigenvalue weighted by Gasteiger charge is 2.31. The number of aliphatic imine (C=N–C) groups is 1. The average Bonchev–Trinajstić information content (AvgIpc) is 2.85. The second kappa shape index (κ2) is 8.19. The van der Waals surface area contributed by atoms with Gasteiger partial charge in [0.15, 0.2) is 5.96 Å². The number of nitrogens with zero attached hydrogens (tertiary/aromatic N) is 2. The van der Waals surface area contributed by atoms with Crippen LogP contribution in [0.5, 0.6) is 5.75 Å². The number of aromatic nitrogens is 1. The van der Waals surface area contributed by atoms with Crippen LogP contribution in [-0.2, 0) is 13.1 Å². The van der Waals surface area contributed by atoms with Crippen molar-refractivity contribution in [2.45, 2.75) is 33.3 Å². The number of hydrogen-bond donors (Lipinski definition) is 2. The van der Waals surface area contributed by atoms with Gasteiger partial charge in [0.2, 0.25) is 0 Å². The van der Waals surface area contributed by atoms with Gasteiger partial charge in [0, 0.05) is 24.0 Å². The number of para-hydroxylation sites is 1. The summed E-state index contributed by atoms with van der Waals surface area (Å²) < 4.78 is 41.4.